The van der Waals surface area contributed by atoms with Gasteiger partial charge in [0.05, 0.1) is 0 Å². The fourth-order valence-electron chi connectivity index (χ4n) is 0.798. The molecule has 0 aliphatic rings. The molecule has 2 N–H and O–H groups in total. The number of nitrogens with one attached hydrogen (secondary N) is 2. The Morgan fingerprint density at radius 3 is 2.27 bits per heavy atom. The Kier molecular flexibility index (Phi) is 5.77. The quantitative estimate of drug-likeness (QED) is 0.599. The van der Waals surface area contributed by atoms with Crippen molar-refractivity contribution in [1.82, 2.24) is 14.3 Å². The van der Waals surface area contributed by atoms with Crippen molar-refractivity contribution in [3.63, 3.8) is 0 Å². The lowest BCUT2D eigenvalue weighted by atomic mass is 10.4. The van der Waals surface area contributed by atoms with Gasteiger partial charge in [-0.2, -0.15) is 12.7 Å². The van der Waals surface area contributed by atoms with Crippen LogP contribution < -0.4 is 10.0 Å². The minimum Gasteiger partial charge on any atom is -0.355 e. The van der Waals surface area contributed by atoms with Crippen molar-refractivity contribution >= 4 is 16.1 Å². The lowest BCUT2D eigenvalue weighted by Gasteiger charge is -2.21. The minimum absolute atomic E-state index is 0.0942. The van der Waals surface area contributed by atoms with Gasteiger partial charge in [0.1, 0.15) is 0 Å². The Bertz CT molecular complexity index is 300. The maximum Gasteiger partial charge on any atom is 0.279 e. The molecule has 0 rings (SSSR count). The van der Waals surface area contributed by atoms with Crippen molar-refractivity contribution in [2.75, 3.05) is 20.1 Å². The topological polar surface area (TPSA) is 78.5 Å². The molecule has 0 aromatic heterocycles. The summed E-state index contributed by atoms with van der Waals surface area (Å²) in [5.74, 6) is -0.175. The van der Waals surface area contributed by atoms with E-state index in [4.69, 9.17) is 0 Å². The average Bonchev–Trinajstić information content (AvgIpc) is 2.10. The first-order chi connectivity index (χ1) is 6.77. The number of nitrogens with zero attached hydrogens (tertiary/aromatic N) is 1. The summed E-state index contributed by atoms with van der Waals surface area (Å²) in [4.78, 5) is 10.5. The first-order valence-corrected chi connectivity index (χ1v) is 6.18. The van der Waals surface area contributed by atoms with Crippen molar-refractivity contribution in [1.29, 1.82) is 0 Å². The Morgan fingerprint density at radius 1 is 1.33 bits per heavy atom. The van der Waals surface area contributed by atoms with E-state index < -0.39 is 10.2 Å². The predicted octanol–water partition coefficient (Wildman–Crippen LogP) is -0.703. The highest BCUT2D eigenvalue weighted by atomic mass is 32.2. The molecule has 0 heterocycles. The summed E-state index contributed by atoms with van der Waals surface area (Å²) in [5, 5.41) is 2.50. The van der Waals surface area contributed by atoms with E-state index in [1.165, 1.54) is 18.3 Å². The van der Waals surface area contributed by atoms with Gasteiger partial charge in [0.25, 0.3) is 10.2 Å². The fraction of sp³-hybridized carbons (Fsp3) is 0.875. The van der Waals surface area contributed by atoms with Crippen LogP contribution in [0.5, 0.6) is 0 Å². The maximum atomic E-state index is 11.5. The van der Waals surface area contributed by atoms with E-state index in [1.54, 1.807) is 13.8 Å². The van der Waals surface area contributed by atoms with Crippen molar-refractivity contribution < 1.29 is 13.2 Å². The van der Waals surface area contributed by atoms with E-state index in [1.807, 2.05) is 0 Å². The molecule has 0 fully saturated rings. The third-order valence-corrected chi connectivity index (χ3v) is 3.64. The van der Waals surface area contributed by atoms with Crippen LogP contribution >= 0.6 is 0 Å². The van der Waals surface area contributed by atoms with Gasteiger partial charge in [0.2, 0.25) is 5.91 Å². The highest BCUT2D eigenvalue weighted by Gasteiger charge is 2.19. The molecule has 0 saturated carbocycles. The van der Waals surface area contributed by atoms with E-state index >= 15 is 0 Å². The summed E-state index contributed by atoms with van der Waals surface area (Å²) in [6.45, 7) is 5.44. The molecule has 7 heteroatoms. The minimum atomic E-state index is -3.43. The van der Waals surface area contributed by atoms with Crippen LogP contribution in [-0.2, 0) is 15.0 Å². The van der Waals surface area contributed by atoms with E-state index in [0.717, 1.165) is 0 Å². The van der Waals surface area contributed by atoms with Crippen molar-refractivity contribution in [2.45, 2.75) is 26.8 Å². The Morgan fingerprint density at radius 2 is 1.87 bits per heavy atom. The molecule has 0 aromatic rings. The molecular weight excluding hydrogens is 218 g/mol. The van der Waals surface area contributed by atoms with Gasteiger partial charge < -0.3 is 5.32 Å². The molecule has 0 bridgehead atoms. The fourth-order valence-corrected chi connectivity index (χ4v) is 1.92. The molecule has 0 atom stereocenters. The third kappa shape index (κ3) is 5.71. The van der Waals surface area contributed by atoms with E-state index in [2.05, 4.69) is 10.0 Å². The van der Waals surface area contributed by atoms with E-state index in [9.17, 15) is 13.2 Å². The number of carbonyl (C=O) groups excluding carboxylic acids is 1. The summed E-state index contributed by atoms with van der Waals surface area (Å²) >= 11 is 0. The summed E-state index contributed by atoms with van der Waals surface area (Å²) in [7, 11) is -1.92. The van der Waals surface area contributed by atoms with Crippen LogP contribution in [0.4, 0.5) is 0 Å². The van der Waals surface area contributed by atoms with Gasteiger partial charge in [-0.15, -0.1) is 0 Å². The summed E-state index contributed by atoms with van der Waals surface area (Å²) in [6.07, 6.45) is 0. The Hall–Kier alpha value is -0.660. The van der Waals surface area contributed by atoms with Crippen LogP contribution in [0.15, 0.2) is 0 Å². The van der Waals surface area contributed by atoms with Gasteiger partial charge in [-0.3, -0.25) is 4.79 Å². The lowest BCUT2D eigenvalue weighted by molar-refractivity contribution is -0.118. The first kappa shape index (κ1) is 14.3. The Labute approximate surface area is 91.2 Å². The predicted molar refractivity (Wildman–Crippen MR) is 58.5 cm³/mol. The maximum absolute atomic E-state index is 11.5. The molecule has 90 valence electrons. The van der Waals surface area contributed by atoms with Crippen LogP contribution in [0.2, 0.25) is 0 Å². The molecule has 0 aliphatic heterocycles. The molecule has 0 unspecified atom stereocenters. The highest BCUT2D eigenvalue weighted by molar-refractivity contribution is 7.87. The second-order valence-electron chi connectivity index (χ2n) is 3.49. The number of amides is 1. The molecular formula is C8H19N3O3S. The van der Waals surface area contributed by atoms with Crippen molar-refractivity contribution in [3.8, 4) is 0 Å². The van der Waals surface area contributed by atoms with Gasteiger partial charge in [-0.1, -0.05) is 0 Å². The molecule has 0 spiro atoms. The van der Waals surface area contributed by atoms with Gasteiger partial charge in [0.15, 0.2) is 0 Å². The lowest BCUT2D eigenvalue weighted by Crippen LogP contribution is -2.44. The SMILES string of the molecule is CC(=O)NCCNS(=O)(=O)N(C)C(C)C. The molecule has 1 amide bonds. The van der Waals surface area contributed by atoms with Crippen LogP contribution in [0.25, 0.3) is 0 Å². The van der Waals surface area contributed by atoms with Crippen LogP contribution in [0.1, 0.15) is 20.8 Å². The molecule has 0 saturated heterocycles. The molecule has 0 aliphatic carbocycles. The highest BCUT2D eigenvalue weighted by Crippen LogP contribution is 1.99. The number of carbonyl (C=O) groups is 1. The molecule has 6 nitrogen and oxygen atoms in total. The standard InChI is InChI=1S/C8H19N3O3S/c1-7(2)11(4)15(13,14)10-6-5-9-8(3)12/h7,10H,5-6H2,1-4H3,(H,9,12). The summed E-state index contributed by atoms with van der Waals surface area (Å²) in [5.41, 5.74) is 0. The van der Waals surface area contributed by atoms with Crippen LogP contribution in [0, 0.1) is 0 Å². The zero-order valence-corrected chi connectivity index (χ0v) is 10.4. The monoisotopic (exact) mass is 237 g/mol. The summed E-state index contributed by atoms with van der Waals surface area (Å²) in [6, 6.07) is -0.0942. The van der Waals surface area contributed by atoms with E-state index in [0.29, 0.717) is 6.54 Å². The second kappa shape index (κ2) is 6.04. The average molecular weight is 237 g/mol. The molecule has 15 heavy (non-hydrogen) atoms. The molecule has 0 aromatic carbocycles. The third-order valence-electron chi connectivity index (χ3n) is 1.89. The number of hydrogen-bond donors (Lipinski definition) is 2. The normalized spacial score (nSPS) is 12.1. The zero-order valence-electron chi connectivity index (χ0n) is 9.57. The molecule has 0 radical (unpaired) electrons. The van der Waals surface area contributed by atoms with Gasteiger partial charge in [0, 0.05) is 33.1 Å². The second-order valence-corrected chi connectivity index (χ2v) is 5.31. The van der Waals surface area contributed by atoms with Gasteiger partial charge in [-0.25, -0.2) is 4.72 Å². The number of rotatable bonds is 6. The Balaban J connectivity index is 4.00. The van der Waals surface area contributed by atoms with Crippen LogP contribution in [0.3, 0.4) is 0 Å². The van der Waals surface area contributed by atoms with E-state index in [-0.39, 0.29) is 18.5 Å². The number of hydrogen-bond acceptors (Lipinski definition) is 3. The van der Waals surface area contributed by atoms with Gasteiger partial charge in [-0.05, 0) is 13.8 Å². The largest absolute Gasteiger partial charge is 0.355 e. The first-order valence-electron chi connectivity index (χ1n) is 4.74. The van der Waals surface area contributed by atoms with Crippen LogP contribution in [-0.4, -0.2) is 44.8 Å². The van der Waals surface area contributed by atoms with Crippen molar-refractivity contribution in [2.24, 2.45) is 0 Å². The van der Waals surface area contributed by atoms with Gasteiger partial charge >= 0.3 is 0 Å². The summed E-state index contributed by atoms with van der Waals surface area (Å²) < 4.78 is 26.7. The van der Waals surface area contributed by atoms with Crippen molar-refractivity contribution in [3.05, 3.63) is 0 Å². The zero-order chi connectivity index (χ0) is 12.1. The smallest absolute Gasteiger partial charge is 0.279 e.